The second-order valence-electron chi connectivity index (χ2n) is 7.75. The van der Waals surface area contributed by atoms with Crippen LogP contribution in [0.2, 0.25) is 0 Å². The van der Waals surface area contributed by atoms with E-state index in [2.05, 4.69) is 13.0 Å². The van der Waals surface area contributed by atoms with E-state index in [1.165, 1.54) is 10.6 Å². The highest BCUT2D eigenvalue weighted by Crippen LogP contribution is 2.18. The first-order chi connectivity index (χ1) is 14.2. The van der Waals surface area contributed by atoms with Gasteiger partial charge in [0.1, 0.15) is 10.9 Å². The van der Waals surface area contributed by atoms with Crippen LogP contribution in [-0.4, -0.2) is 34.6 Å². The maximum absolute atomic E-state index is 12.8. The smallest absolute Gasteiger partial charge is 0.252 e. The molecule has 0 radical (unpaired) electrons. The van der Waals surface area contributed by atoms with Gasteiger partial charge in [-0.1, -0.05) is 38.1 Å². The molecule has 3 unspecified atom stereocenters. The van der Waals surface area contributed by atoms with Crippen molar-refractivity contribution in [3.8, 4) is 0 Å². The summed E-state index contributed by atoms with van der Waals surface area (Å²) in [7, 11) is -4.61. The highest BCUT2D eigenvalue weighted by Gasteiger charge is 2.19. The van der Waals surface area contributed by atoms with Gasteiger partial charge in [0.15, 0.2) is 9.84 Å². The topological polar surface area (TPSA) is 85.6 Å². The summed E-state index contributed by atoms with van der Waals surface area (Å²) in [6.45, 7) is 3.85. The highest BCUT2D eigenvalue weighted by molar-refractivity contribution is 7.91. The lowest BCUT2D eigenvalue weighted by Crippen LogP contribution is -2.44. The molecule has 0 fully saturated rings. The monoisotopic (exact) mass is 448 g/mol. The molecule has 162 valence electrons. The molecule has 0 N–H and O–H groups in total. The van der Waals surface area contributed by atoms with Crippen LogP contribution < -0.4 is 16.3 Å². The fourth-order valence-electron chi connectivity index (χ4n) is 3.62. The summed E-state index contributed by atoms with van der Waals surface area (Å²) in [6, 6.07) is 9.99. The number of nitrogens with zero attached hydrogens (tertiary/aromatic N) is 2. The lowest BCUT2D eigenvalue weighted by Gasteiger charge is -2.14. The maximum atomic E-state index is 12.8. The van der Waals surface area contributed by atoms with Gasteiger partial charge in [-0.15, -0.1) is 0 Å². The molecule has 0 bridgehead atoms. The molecule has 3 atom stereocenters. The molecular formula is C22H28N2O4S2. The number of benzene rings is 1. The maximum Gasteiger partial charge on any atom is 0.252 e. The Hall–Kier alpha value is -2.06. The van der Waals surface area contributed by atoms with Crippen LogP contribution in [0.15, 0.2) is 51.1 Å². The molecule has 2 heterocycles. The van der Waals surface area contributed by atoms with Crippen LogP contribution in [0.3, 0.4) is 0 Å². The zero-order chi connectivity index (χ0) is 21.9. The van der Waals surface area contributed by atoms with Gasteiger partial charge >= 0.3 is 0 Å². The zero-order valence-corrected chi connectivity index (χ0v) is 19.2. The van der Waals surface area contributed by atoms with Crippen LogP contribution in [0, 0.1) is 5.92 Å². The van der Waals surface area contributed by atoms with Crippen molar-refractivity contribution in [1.29, 1.82) is 0 Å². The second kappa shape index (κ2) is 9.39. The number of hydrogen-bond acceptors (Lipinski definition) is 5. The van der Waals surface area contributed by atoms with Crippen LogP contribution in [0.25, 0.3) is 6.08 Å². The van der Waals surface area contributed by atoms with Gasteiger partial charge in [0.25, 0.3) is 5.56 Å². The summed E-state index contributed by atoms with van der Waals surface area (Å²) in [5, 5.41) is 0.412. The van der Waals surface area contributed by atoms with E-state index in [4.69, 9.17) is 4.99 Å². The molecule has 1 aliphatic rings. The Labute approximate surface area is 179 Å². The third kappa shape index (κ3) is 4.98. The standard InChI is InChI=1S/C22H28N2O4S2/c1-4-30(27,28)19-8-6-5-7-18(19)15-24-21(25)14-12-17-11-9-16(2)10-13-20(29(3)26)23-22(17)24/h5-8,11-12,14,16,20H,4,9-10,13,15H2,1-3H3. The lowest BCUT2D eigenvalue weighted by atomic mass is 10.0. The van der Waals surface area contributed by atoms with Crippen molar-refractivity contribution >= 4 is 26.7 Å². The quantitative estimate of drug-likeness (QED) is 0.696. The van der Waals surface area contributed by atoms with Crippen molar-refractivity contribution in [3.05, 3.63) is 63.0 Å². The minimum Gasteiger partial charge on any atom is -0.288 e. The highest BCUT2D eigenvalue weighted by atomic mass is 32.2. The van der Waals surface area contributed by atoms with Crippen molar-refractivity contribution in [2.45, 2.75) is 49.9 Å². The molecule has 1 aromatic heterocycles. The lowest BCUT2D eigenvalue weighted by molar-refractivity contribution is 0.516. The summed E-state index contributed by atoms with van der Waals surface area (Å²) in [5.41, 5.74) is 0.760. The Morgan fingerprint density at radius 2 is 1.90 bits per heavy atom. The van der Waals surface area contributed by atoms with E-state index in [-0.39, 0.29) is 22.8 Å². The predicted molar refractivity (Wildman–Crippen MR) is 120 cm³/mol. The van der Waals surface area contributed by atoms with Crippen LogP contribution in [0.5, 0.6) is 0 Å². The van der Waals surface area contributed by atoms with Crippen molar-refractivity contribution in [1.82, 2.24) is 4.57 Å². The zero-order valence-electron chi connectivity index (χ0n) is 17.6. The molecule has 0 aliphatic carbocycles. The van der Waals surface area contributed by atoms with Gasteiger partial charge in [0.05, 0.1) is 17.2 Å². The van der Waals surface area contributed by atoms with E-state index in [9.17, 15) is 17.4 Å². The summed E-state index contributed by atoms with van der Waals surface area (Å²) in [4.78, 5) is 17.8. The Bertz CT molecular complexity index is 1230. The molecule has 0 amide bonds. The summed E-state index contributed by atoms with van der Waals surface area (Å²) >= 11 is 0. The fourth-order valence-corrected chi connectivity index (χ4v) is 5.47. The molecule has 0 spiro atoms. The minimum absolute atomic E-state index is 0.0151. The summed E-state index contributed by atoms with van der Waals surface area (Å²) in [5.74, 6) is 0.409. The molecule has 0 saturated heterocycles. The Balaban J connectivity index is 2.26. The van der Waals surface area contributed by atoms with E-state index in [1.807, 2.05) is 0 Å². The van der Waals surface area contributed by atoms with Crippen molar-refractivity contribution in [2.75, 3.05) is 12.0 Å². The molecule has 30 heavy (non-hydrogen) atoms. The van der Waals surface area contributed by atoms with Gasteiger partial charge < -0.3 is 0 Å². The third-order valence-corrected chi connectivity index (χ3v) is 8.43. The Kier molecular flexibility index (Phi) is 7.08. The van der Waals surface area contributed by atoms with Crippen molar-refractivity contribution in [3.63, 3.8) is 0 Å². The van der Waals surface area contributed by atoms with Crippen LogP contribution in [-0.2, 0) is 27.2 Å². The van der Waals surface area contributed by atoms with Gasteiger partial charge in [-0.05, 0) is 42.9 Å². The minimum atomic E-state index is -3.44. The number of pyridine rings is 1. The largest absolute Gasteiger partial charge is 0.288 e. The van der Waals surface area contributed by atoms with E-state index in [1.54, 1.807) is 43.5 Å². The summed E-state index contributed by atoms with van der Waals surface area (Å²) < 4.78 is 38.9. The molecule has 1 aliphatic heterocycles. The van der Waals surface area contributed by atoms with Crippen LogP contribution >= 0.6 is 0 Å². The summed E-state index contributed by atoms with van der Waals surface area (Å²) in [6.07, 6.45) is 6.12. The first-order valence-electron chi connectivity index (χ1n) is 10.1. The third-order valence-electron chi connectivity index (χ3n) is 5.50. The number of sulfone groups is 1. The first kappa shape index (κ1) is 22.6. The number of fused-ring (bicyclic) bond motifs is 1. The van der Waals surface area contributed by atoms with Crippen molar-refractivity contribution in [2.24, 2.45) is 10.9 Å². The molecule has 3 rings (SSSR count). The Morgan fingerprint density at radius 3 is 2.60 bits per heavy atom. The molecule has 2 aromatic rings. The molecular weight excluding hydrogens is 420 g/mol. The van der Waals surface area contributed by atoms with E-state index < -0.39 is 26.0 Å². The molecule has 8 heteroatoms. The molecule has 6 nitrogen and oxygen atoms in total. The molecule has 1 aromatic carbocycles. The Morgan fingerprint density at radius 1 is 1.17 bits per heavy atom. The van der Waals surface area contributed by atoms with Gasteiger partial charge in [-0.25, -0.2) is 8.42 Å². The number of aromatic nitrogens is 1. The van der Waals surface area contributed by atoms with Gasteiger partial charge in [-0.3, -0.25) is 18.6 Å². The van der Waals surface area contributed by atoms with Crippen LogP contribution in [0.1, 0.15) is 38.7 Å². The fraction of sp³-hybridized carbons (Fsp3) is 0.455. The average molecular weight is 449 g/mol. The van der Waals surface area contributed by atoms with E-state index in [0.29, 0.717) is 23.4 Å². The van der Waals surface area contributed by atoms with Gasteiger partial charge in [-0.2, -0.15) is 0 Å². The van der Waals surface area contributed by atoms with E-state index in [0.717, 1.165) is 18.1 Å². The van der Waals surface area contributed by atoms with Gasteiger partial charge in [0.2, 0.25) is 0 Å². The molecule has 0 saturated carbocycles. The van der Waals surface area contributed by atoms with Crippen molar-refractivity contribution < 1.29 is 12.6 Å². The average Bonchev–Trinajstić information content (AvgIpc) is 2.80. The van der Waals surface area contributed by atoms with Crippen LogP contribution in [0.4, 0.5) is 0 Å². The number of rotatable bonds is 5. The number of hydrogen-bond donors (Lipinski definition) is 0. The SMILES string of the molecule is CCS(=O)(=O)c1ccccc1Cn1c(=O)ccc2c1=NC(S(C)=O)CCC(C)CC=2. The second-order valence-corrected chi connectivity index (χ2v) is 11.5. The van der Waals surface area contributed by atoms with E-state index >= 15 is 0 Å². The normalized spacial score (nSPS) is 20.6. The predicted octanol–water partition coefficient (Wildman–Crippen LogP) is 1.61. The van der Waals surface area contributed by atoms with Gasteiger partial charge in [0, 0.05) is 28.3 Å². The first-order valence-corrected chi connectivity index (χ1v) is 13.4.